The second kappa shape index (κ2) is 3.00. The van der Waals surface area contributed by atoms with Crippen molar-refractivity contribution in [2.75, 3.05) is 19.6 Å². The lowest BCUT2D eigenvalue weighted by Gasteiger charge is -2.32. The van der Waals surface area contributed by atoms with Gasteiger partial charge in [0.05, 0.1) is 0 Å². The van der Waals surface area contributed by atoms with E-state index in [4.69, 9.17) is 5.73 Å². The molecule has 12 heavy (non-hydrogen) atoms. The quantitative estimate of drug-likeness (QED) is 0.671. The van der Waals surface area contributed by atoms with Crippen molar-refractivity contribution in [3.8, 4) is 0 Å². The van der Waals surface area contributed by atoms with Crippen LogP contribution in [0.5, 0.6) is 0 Å². The third-order valence-electron chi connectivity index (χ3n) is 3.34. The molecule has 0 atom stereocenters. The Kier molecular flexibility index (Phi) is 2.13. The standard InChI is InChI=1S/C10H20N2/c1-10(4-5-10)8-12-6-2-9(11)3-7-12/h9H,2-8,11H2,1H3. The van der Waals surface area contributed by atoms with Gasteiger partial charge < -0.3 is 10.6 Å². The molecule has 1 heterocycles. The minimum absolute atomic E-state index is 0.480. The molecule has 0 amide bonds. The molecule has 1 saturated carbocycles. The molecule has 0 spiro atoms. The summed E-state index contributed by atoms with van der Waals surface area (Å²) >= 11 is 0. The Morgan fingerprint density at radius 3 is 2.42 bits per heavy atom. The molecule has 1 aliphatic carbocycles. The Hall–Kier alpha value is -0.0800. The maximum Gasteiger partial charge on any atom is 0.00631 e. The summed E-state index contributed by atoms with van der Waals surface area (Å²) in [5.41, 5.74) is 6.53. The third-order valence-corrected chi connectivity index (χ3v) is 3.34. The lowest BCUT2D eigenvalue weighted by Crippen LogP contribution is -2.41. The van der Waals surface area contributed by atoms with Crippen LogP contribution in [0.4, 0.5) is 0 Å². The summed E-state index contributed by atoms with van der Waals surface area (Å²) in [6.45, 7) is 6.19. The van der Waals surface area contributed by atoms with E-state index >= 15 is 0 Å². The lowest BCUT2D eigenvalue weighted by molar-refractivity contribution is 0.181. The molecule has 1 aliphatic heterocycles. The van der Waals surface area contributed by atoms with Gasteiger partial charge in [0.2, 0.25) is 0 Å². The molecule has 0 unspecified atom stereocenters. The number of rotatable bonds is 2. The first-order valence-electron chi connectivity index (χ1n) is 5.16. The predicted octanol–water partition coefficient (Wildman–Crippen LogP) is 1.21. The first-order valence-corrected chi connectivity index (χ1v) is 5.16. The van der Waals surface area contributed by atoms with Crippen LogP contribution >= 0.6 is 0 Å². The molecular weight excluding hydrogens is 148 g/mol. The third kappa shape index (κ3) is 1.99. The van der Waals surface area contributed by atoms with E-state index in [0.717, 1.165) is 0 Å². The molecule has 2 nitrogen and oxygen atoms in total. The molecule has 2 aliphatic rings. The fourth-order valence-corrected chi connectivity index (χ4v) is 2.02. The van der Waals surface area contributed by atoms with Gasteiger partial charge in [0.25, 0.3) is 0 Å². The summed E-state index contributed by atoms with van der Waals surface area (Å²) in [5.74, 6) is 0. The highest BCUT2D eigenvalue weighted by molar-refractivity contribution is 4.92. The zero-order chi connectivity index (χ0) is 8.60. The van der Waals surface area contributed by atoms with Crippen LogP contribution in [0.2, 0.25) is 0 Å². The molecule has 2 fully saturated rings. The number of hydrogen-bond acceptors (Lipinski definition) is 2. The Morgan fingerprint density at radius 1 is 1.33 bits per heavy atom. The fourth-order valence-electron chi connectivity index (χ4n) is 2.02. The Balaban J connectivity index is 1.75. The normalized spacial score (nSPS) is 30.5. The maximum atomic E-state index is 5.85. The molecule has 0 aromatic carbocycles. The SMILES string of the molecule is CC1(CN2CCC(N)CC2)CC1. The van der Waals surface area contributed by atoms with E-state index in [-0.39, 0.29) is 0 Å². The van der Waals surface area contributed by atoms with Crippen LogP contribution in [0, 0.1) is 5.41 Å². The molecule has 0 radical (unpaired) electrons. The average Bonchev–Trinajstić information content (AvgIpc) is 2.74. The molecule has 2 heteroatoms. The summed E-state index contributed by atoms with van der Waals surface area (Å²) in [4.78, 5) is 2.59. The van der Waals surface area contributed by atoms with Crippen LogP contribution in [-0.4, -0.2) is 30.6 Å². The van der Waals surface area contributed by atoms with E-state index < -0.39 is 0 Å². The Morgan fingerprint density at radius 2 is 1.92 bits per heavy atom. The van der Waals surface area contributed by atoms with Crippen molar-refractivity contribution < 1.29 is 0 Å². The number of piperidine rings is 1. The topological polar surface area (TPSA) is 29.3 Å². The second-order valence-corrected chi connectivity index (χ2v) is 4.92. The highest BCUT2D eigenvalue weighted by Gasteiger charge is 2.38. The summed E-state index contributed by atoms with van der Waals surface area (Å²) in [5, 5.41) is 0. The minimum atomic E-state index is 0.480. The first kappa shape index (κ1) is 8.52. The van der Waals surface area contributed by atoms with Crippen LogP contribution in [-0.2, 0) is 0 Å². The molecule has 0 aromatic rings. The smallest absolute Gasteiger partial charge is 0.00631 e. The van der Waals surface area contributed by atoms with Gasteiger partial charge in [-0.25, -0.2) is 0 Å². The zero-order valence-electron chi connectivity index (χ0n) is 8.05. The van der Waals surface area contributed by atoms with Gasteiger partial charge in [-0.3, -0.25) is 0 Å². The Bertz CT molecular complexity index is 155. The van der Waals surface area contributed by atoms with Crippen LogP contribution in [0.25, 0.3) is 0 Å². The molecule has 0 aromatic heterocycles. The van der Waals surface area contributed by atoms with Crippen LogP contribution in [0.3, 0.4) is 0 Å². The lowest BCUT2D eigenvalue weighted by atomic mass is 10.0. The second-order valence-electron chi connectivity index (χ2n) is 4.92. The number of likely N-dealkylation sites (tertiary alicyclic amines) is 1. The van der Waals surface area contributed by atoms with Crippen molar-refractivity contribution in [2.24, 2.45) is 11.1 Å². The molecular formula is C10H20N2. The van der Waals surface area contributed by atoms with E-state index in [1.807, 2.05) is 0 Å². The van der Waals surface area contributed by atoms with Gasteiger partial charge in [-0.15, -0.1) is 0 Å². The zero-order valence-corrected chi connectivity index (χ0v) is 8.05. The Labute approximate surface area is 75.1 Å². The predicted molar refractivity (Wildman–Crippen MR) is 51.0 cm³/mol. The van der Waals surface area contributed by atoms with Crippen molar-refractivity contribution >= 4 is 0 Å². The fraction of sp³-hybridized carbons (Fsp3) is 1.00. The number of nitrogens with zero attached hydrogens (tertiary/aromatic N) is 1. The molecule has 70 valence electrons. The molecule has 2 N–H and O–H groups in total. The molecule has 2 rings (SSSR count). The summed E-state index contributed by atoms with van der Waals surface area (Å²) in [6.07, 6.45) is 5.29. The van der Waals surface area contributed by atoms with Crippen molar-refractivity contribution in [1.29, 1.82) is 0 Å². The van der Waals surface area contributed by atoms with Crippen LogP contribution < -0.4 is 5.73 Å². The monoisotopic (exact) mass is 168 g/mol. The van der Waals surface area contributed by atoms with Crippen molar-refractivity contribution in [3.63, 3.8) is 0 Å². The van der Waals surface area contributed by atoms with E-state index in [2.05, 4.69) is 11.8 Å². The van der Waals surface area contributed by atoms with E-state index in [0.29, 0.717) is 11.5 Å². The average molecular weight is 168 g/mol. The van der Waals surface area contributed by atoms with Crippen molar-refractivity contribution in [3.05, 3.63) is 0 Å². The van der Waals surface area contributed by atoms with E-state index in [1.54, 1.807) is 0 Å². The van der Waals surface area contributed by atoms with Crippen LogP contribution in [0.15, 0.2) is 0 Å². The summed E-state index contributed by atoms with van der Waals surface area (Å²) in [6, 6.07) is 0.480. The largest absolute Gasteiger partial charge is 0.328 e. The van der Waals surface area contributed by atoms with Gasteiger partial charge in [-0.05, 0) is 44.2 Å². The summed E-state index contributed by atoms with van der Waals surface area (Å²) < 4.78 is 0. The van der Waals surface area contributed by atoms with Crippen LogP contribution in [0.1, 0.15) is 32.6 Å². The summed E-state index contributed by atoms with van der Waals surface area (Å²) in [7, 11) is 0. The van der Waals surface area contributed by atoms with Gasteiger partial charge in [0.15, 0.2) is 0 Å². The van der Waals surface area contributed by atoms with Gasteiger partial charge >= 0.3 is 0 Å². The van der Waals surface area contributed by atoms with Gasteiger partial charge in [0.1, 0.15) is 0 Å². The maximum absolute atomic E-state index is 5.85. The molecule has 0 bridgehead atoms. The molecule has 1 saturated heterocycles. The number of hydrogen-bond donors (Lipinski definition) is 1. The van der Waals surface area contributed by atoms with E-state index in [1.165, 1.54) is 45.3 Å². The highest BCUT2D eigenvalue weighted by atomic mass is 15.1. The van der Waals surface area contributed by atoms with Gasteiger partial charge in [0, 0.05) is 12.6 Å². The van der Waals surface area contributed by atoms with E-state index in [9.17, 15) is 0 Å². The first-order chi connectivity index (χ1) is 5.68. The van der Waals surface area contributed by atoms with Gasteiger partial charge in [-0.2, -0.15) is 0 Å². The number of nitrogens with two attached hydrogens (primary N) is 1. The van der Waals surface area contributed by atoms with Crippen molar-refractivity contribution in [1.82, 2.24) is 4.90 Å². The highest BCUT2D eigenvalue weighted by Crippen LogP contribution is 2.45. The minimum Gasteiger partial charge on any atom is -0.328 e. The van der Waals surface area contributed by atoms with Crippen molar-refractivity contribution in [2.45, 2.75) is 38.6 Å². The van der Waals surface area contributed by atoms with Gasteiger partial charge in [-0.1, -0.05) is 6.92 Å².